The number of primary amides is 1. The zero-order valence-corrected chi connectivity index (χ0v) is 16.0. The lowest BCUT2D eigenvalue weighted by Gasteiger charge is -2.29. The van der Waals surface area contributed by atoms with Gasteiger partial charge in [-0.1, -0.05) is 37.1 Å². The van der Waals surface area contributed by atoms with Crippen LogP contribution in [0.25, 0.3) is 0 Å². The fraction of sp³-hybridized carbons (Fsp3) is 0.526. The average Bonchev–Trinajstić information content (AvgIpc) is 3.02. The molecule has 0 radical (unpaired) electrons. The summed E-state index contributed by atoms with van der Waals surface area (Å²) in [5.74, 6) is -1.63. The number of nitrogens with two attached hydrogens (primary N) is 1. The summed E-state index contributed by atoms with van der Waals surface area (Å²) in [6.07, 6.45) is 2.14. The van der Waals surface area contributed by atoms with E-state index in [1.807, 2.05) is 11.4 Å². The number of imide groups is 1. The zero-order chi connectivity index (χ0) is 20.0. The number of hydrogen-bond donors (Lipinski definition) is 4. The number of nitrogens with one attached hydrogen (secondary N) is 2. The number of halogens is 1. The molecule has 0 aliphatic heterocycles. The predicted molar refractivity (Wildman–Crippen MR) is 102 cm³/mol. The molecule has 1 aromatic rings. The largest absolute Gasteiger partial charge is 0.393 e. The summed E-state index contributed by atoms with van der Waals surface area (Å²) in [5, 5.41) is 15.9. The minimum absolute atomic E-state index is 0.121. The molecule has 5 N–H and O–H groups in total. The average molecular weight is 396 g/mol. The fourth-order valence-corrected chi connectivity index (χ4v) is 3.80. The highest BCUT2D eigenvalue weighted by atomic mass is 35.5. The van der Waals surface area contributed by atoms with Gasteiger partial charge in [0.05, 0.1) is 12.1 Å². The lowest BCUT2D eigenvalue weighted by atomic mass is 9.89. The second-order valence-corrected chi connectivity index (χ2v) is 7.36. The van der Waals surface area contributed by atoms with E-state index in [0.29, 0.717) is 17.9 Å². The van der Waals surface area contributed by atoms with E-state index < -0.39 is 30.0 Å². The van der Waals surface area contributed by atoms with Crippen LogP contribution in [-0.2, 0) is 9.59 Å². The predicted octanol–water partition coefficient (Wildman–Crippen LogP) is 2.27. The maximum absolute atomic E-state index is 12.8. The summed E-state index contributed by atoms with van der Waals surface area (Å²) in [7, 11) is 0. The van der Waals surface area contributed by atoms with Crippen molar-refractivity contribution >= 4 is 29.4 Å². The lowest BCUT2D eigenvalue weighted by molar-refractivity contribution is -0.131. The van der Waals surface area contributed by atoms with Gasteiger partial charge in [-0.05, 0) is 37.0 Å². The quantitative estimate of drug-likeness (QED) is 0.565. The number of rotatable bonds is 7. The monoisotopic (exact) mass is 395 g/mol. The van der Waals surface area contributed by atoms with Gasteiger partial charge in [0.2, 0.25) is 11.8 Å². The van der Waals surface area contributed by atoms with E-state index in [0.717, 1.165) is 18.4 Å². The molecule has 1 aliphatic rings. The van der Waals surface area contributed by atoms with E-state index in [9.17, 15) is 19.5 Å². The first kappa shape index (κ1) is 21.2. The number of aliphatic hydroxyl groups is 1. The van der Waals surface area contributed by atoms with Crippen LogP contribution in [0.3, 0.4) is 0 Å². The van der Waals surface area contributed by atoms with Crippen molar-refractivity contribution in [2.24, 2.45) is 17.6 Å². The maximum Gasteiger partial charge on any atom is 0.318 e. The molecule has 7 nitrogen and oxygen atoms in total. The van der Waals surface area contributed by atoms with Crippen molar-refractivity contribution in [3.8, 4) is 0 Å². The Hall–Kier alpha value is -2.12. The summed E-state index contributed by atoms with van der Waals surface area (Å²) in [6.45, 7) is 1.79. The molecule has 0 saturated heterocycles. The van der Waals surface area contributed by atoms with Crippen molar-refractivity contribution < 1.29 is 19.5 Å². The zero-order valence-electron chi connectivity index (χ0n) is 15.3. The van der Waals surface area contributed by atoms with Crippen LogP contribution in [0, 0.1) is 11.8 Å². The first-order valence-corrected chi connectivity index (χ1v) is 9.52. The van der Waals surface area contributed by atoms with Gasteiger partial charge in [0, 0.05) is 23.3 Å². The SMILES string of the molecule is CC[C@H](CC(=O)NC(N)=O)C(=O)NC(c1cccc(Cl)c1)C1CCCC1O. The normalized spacial score (nSPS) is 21.3. The molecule has 0 spiro atoms. The van der Waals surface area contributed by atoms with Gasteiger partial charge in [0.1, 0.15) is 0 Å². The summed E-state index contributed by atoms with van der Waals surface area (Å²) < 4.78 is 0. The summed E-state index contributed by atoms with van der Waals surface area (Å²) >= 11 is 6.10. The Morgan fingerprint density at radius 3 is 2.63 bits per heavy atom. The van der Waals surface area contributed by atoms with E-state index in [4.69, 9.17) is 17.3 Å². The standard InChI is InChI=1S/C19H26ClN3O4/c1-2-11(10-16(25)22-19(21)27)18(26)23-17(14-7-4-8-15(14)24)12-5-3-6-13(20)9-12/h3,5-6,9,11,14-15,17,24H,2,4,7-8,10H2,1H3,(H,23,26)(H3,21,22,25,27)/t11-,14?,15?,17?/m1/s1. The Labute approximate surface area is 163 Å². The van der Waals surface area contributed by atoms with Crippen LogP contribution in [0.15, 0.2) is 24.3 Å². The minimum Gasteiger partial charge on any atom is -0.393 e. The molecule has 1 aliphatic carbocycles. The van der Waals surface area contributed by atoms with Crippen molar-refractivity contribution in [1.29, 1.82) is 0 Å². The van der Waals surface area contributed by atoms with E-state index >= 15 is 0 Å². The highest BCUT2D eigenvalue weighted by Gasteiger charge is 2.35. The summed E-state index contributed by atoms with van der Waals surface area (Å²) in [5.41, 5.74) is 5.76. The van der Waals surface area contributed by atoms with Gasteiger partial charge in [-0.2, -0.15) is 0 Å². The molecule has 0 heterocycles. The fourth-order valence-electron chi connectivity index (χ4n) is 3.60. The Balaban J connectivity index is 2.16. The Morgan fingerprint density at radius 2 is 2.07 bits per heavy atom. The van der Waals surface area contributed by atoms with Crippen LogP contribution in [0.2, 0.25) is 5.02 Å². The molecule has 1 aromatic carbocycles. The van der Waals surface area contributed by atoms with Crippen molar-refractivity contribution in [3.63, 3.8) is 0 Å². The second kappa shape index (κ2) is 9.71. The third-order valence-electron chi connectivity index (χ3n) is 5.02. The number of carbonyl (C=O) groups is 3. The van der Waals surface area contributed by atoms with Crippen molar-refractivity contribution in [1.82, 2.24) is 10.6 Å². The van der Waals surface area contributed by atoms with Crippen LogP contribution >= 0.6 is 11.6 Å². The van der Waals surface area contributed by atoms with Crippen molar-refractivity contribution in [3.05, 3.63) is 34.9 Å². The number of aliphatic hydroxyl groups excluding tert-OH is 1. The molecular formula is C19H26ClN3O4. The molecule has 8 heteroatoms. The number of urea groups is 1. The van der Waals surface area contributed by atoms with E-state index in [1.165, 1.54) is 0 Å². The number of benzene rings is 1. The smallest absolute Gasteiger partial charge is 0.318 e. The van der Waals surface area contributed by atoms with Gasteiger partial charge in [-0.15, -0.1) is 0 Å². The number of hydrogen-bond acceptors (Lipinski definition) is 4. The van der Waals surface area contributed by atoms with E-state index in [1.54, 1.807) is 25.1 Å². The third kappa shape index (κ3) is 5.94. The van der Waals surface area contributed by atoms with Gasteiger partial charge in [-0.25, -0.2) is 4.79 Å². The van der Waals surface area contributed by atoms with Crippen LogP contribution < -0.4 is 16.4 Å². The Kier molecular flexibility index (Phi) is 7.62. The summed E-state index contributed by atoms with van der Waals surface area (Å²) in [6, 6.07) is 5.84. The molecular weight excluding hydrogens is 370 g/mol. The van der Waals surface area contributed by atoms with Gasteiger partial charge in [-0.3, -0.25) is 14.9 Å². The Bertz CT molecular complexity index is 697. The van der Waals surface area contributed by atoms with Crippen LogP contribution in [0.5, 0.6) is 0 Å². The van der Waals surface area contributed by atoms with Crippen LogP contribution in [0.4, 0.5) is 4.79 Å². The molecule has 1 saturated carbocycles. The van der Waals surface area contributed by atoms with Crippen molar-refractivity contribution in [2.75, 3.05) is 0 Å². The van der Waals surface area contributed by atoms with E-state index in [2.05, 4.69) is 5.32 Å². The van der Waals surface area contributed by atoms with E-state index in [-0.39, 0.29) is 18.2 Å². The van der Waals surface area contributed by atoms with Gasteiger partial charge in [0.15, 0.2) is 0 Å². The minimum atomic E-state index is -0.943. The lowest BCUT2D eigenvalue weighted by Crippen LogP contribution is -2.42. The molecule has 4 atom stereocenters. The molecule has 3 unspecified atom stereocenters. The second-order valence-electron chi connectivity index (χ2n) is 6.93. The Morgan fingerprint density at radius 1 is 1.33 bits per heavy atom. The third-order valence-corrected chi connectivity index (χ3v) is 5.26. The molecule has 1 fully saturated rings. The first-order chi connectivity index (χ1) is 12.8. The number of amides is 4. The van der Waals surface area contributed by atoms with Gasteiger partial charge >= 0.3 is 6.03 Å². The first-order valence-electron chi connectivity index (χ1n) is 9.15. The molecule has 27 heavy (non-hydrogen) atoms. The molecule has 0 aromatic heterocycles. The number of carbonyl (C=O) groups excluding carboxylic acids is 3. The van der Waals surface area contributed by atoms with Crippen LogP contribution in [-0.4, -0.2) is 29.1 Å². The molecule has 4 amide bonds. The summed E-state index contributed by atoms with van der Waals surface area (Å²) in [4.78, 5) is 35.4. The maximum atomic E-state index is 12.8. The highest BCUT2D eigenvalue weighted by Crippen LogP contribution is 2.37. The topological polar surface area (TPSA) is 122 Å². The molecule has 148 valence electrons. The molecule has 0 bridgehead atoms. The van der Waals surface area contributed by atoms with Gasteiger partial charge < -0.3 is 16.2 Å². The van der Waals surface area contributed by atoms with Crippen molar-refractivity contribution in [2.45, 2.75) is 51.2 Å². The molecule has 2 rings (SSSR count). The van der Waals surface area contributed by atoms with Crippen LogP contribution in [0.1, 0.15) is 50.6 Å². The highest BCUT2D eigenvalue weighted by molar-refractivity contribution is 6.30. The van der Waals surface area contributed by atoms with Gasteiger partial charge in [0.25, 0.3) is 0 Å².